The maximum atomic E-state index is 4.74. The molecule has 1 aromatic carbocycles. The average molecular weight is 381 g/mol. The van der Waals surface area contributed by atoms with E-state index in [2.05, 4.69) is 71.0 Å². The number of benzene rings is 1. The van der Waals surface area contributed by atoms with Crippen LogP contribution in [0.3, 0.4) is 0 Å². The van der Waals surface area contributed by atoms with Crippen LogP contribution in [0, 0.1) is 3.57 Å². The minimum absolute atomic E-state index is 0.806. The van der Waals surface area contributed by atoms with Gasteiger partial charge in [-0.2, -0.15) is 0 Å². The van der Waals surface area contributed by atoms with Crippen molar-refractivity contribution in [3.63, 3.8) is 0 Å². The molecule has 2 aromatic rings. The Morgan fingerprint density at radius 3 is 2.35 bits per heavy atom. The van der Waals surface area contributed by atoms with Gasteiger partial charge in [-0.15, -0.1) is 0 Å². The van der Waals surface area contributed by atoms with Gasteiger partial charge in [0.05, 0.1) is 9.26 Å². The molecule has 4 heteroatoms. The third-order valence-electron chi connectivity index (χ3n) is 3.26. The van der Waals surface area contributed by atoms with E-state index in [9.17, 15) is 0 Å². The van der Waals surface area contributed by atoms with Crippen molar-refractivity contribution in [2.24, 2.45) is 0 Å². The van der Waals surface area contributed by atoms with Crippen LogP contribution in [0.5, 0.6) is 0 Å². The molecule has 1 aromatic heterocycles. The fourth-order valence-corrected chi connectivity index (χ4v) is 2.86. The fourth-order valence-electron chi connectivity index (χ4n) is 2.08. The van der Waals surface area contributed by atoms with Crippen molar-refractivity contribution in [3.05, 3.63) is 39.1 Å². The van der Waals surface area contributed by atoms with E-state index in [1.807, 2.05) is 7.05 Å². The van der Waals surface area contributed by atoms with Crippen LogP contribution < -0.4 is 5.32 Å². The van der Waals surface area contributed by atoms with Crippen molar-refractivity contribution in [3.8, 4) is 11.4 Å². The molecule has 0 atom stereocenters. The molecule has 0 fully saturated rings. The van der Waals surface area contributed by atoms with Crippen molar-refractivity contribution in [1.82, 2.24) is 9.97 Å². The molecule has 0 spiro atoms. The Bertz CT molecular complexity index is 579. The summed E-state index contributed by atoms with van der Waals surface area (Å²) in [5.41, 5.74) is 3.54. The second kappa shape index (κ2) is 7.02. The number of rotatable bonds is 5. The van der Waals surface area contributed by atoms with Crippen molar-refractivity contribution in [1.29, 1.82) is 0 Å². The van der Waals surface area contributed by atoms with Gasteiger partial charge in [-0.25, -0.2) is 9.97 Å². The van der Waals surface area contributed by atoms with E-state index in [1.54, 1.807) is 0 Å². The van der Waals surface area contributed by atoms with Crippen LogP contribution in [0.4, 0.5) is 5.82 Å². The lowest BCUT2D eigenvalue weighted by atomic mass is 10.1. The monoisotopic (exact) mass is 381 g/mol. The van der Waals surface area contributed by atoms with Gasteiger partial charge in [0.15, 0.2) is 5.82 Å². The van der Waals surface area contributed by atoms with Gasteiger partial charge in [-0.1, -0.05) is 44.5 Å². The van der Waals surface area contributed by atoms with E-state index in [0.29, 0.717) is 0 Å². The number of hydrogen-bond acceptors (Lipinski definition) is 3. The van der Waals surface area contributed by atoms with Gasteiger partial charge >= 0.3 is 0 Å². The zero-order chi connectivity index (χ0) is 14.5. The van der Waals surface area contributed by atoms with Crippen LogP contribution in [0.25, 0.3) is 11.4 Å². The molecule has 3 nitrogen and oxygen atoms in total. The SMILES string of the molecule is CCCc1nc(-c2ccc(CC)cc2)nc(NC)c1I. The molecule has 1 N–H and O–H groups in total. The highest BCUT2D eigenvalue weighted by Crippen LogP contribution is 2.25. The van der Waals surface area contributed by atoms with Crippen LogP contribution in [0.2, 0.25) is 0 Å². The second-order valence-corrected chi connectivity index (χ2v) is 5.79. The maximum absolute atomic E-state index is 4.74. The molecule has 0 unspecified atom stereocenters. The summed E-state index contributed by atoms with van der Waals surface area (Å²) in [5, 5.41) is 3.17. The number of nitrogens with one attached hydrogen (secondary N) is 1. The Hall–Kier alpha value is -1.17. The second-order valence-electron chi connectivity index (χ2n) is 4.71. The molecule has 0 radical (unpaired) electrons. The maximum Gasteiger partial charge on any atom is 0.161 e. The molecule has 0 saturated heterocycles. The van der Waals surface area contributed by atoms with Crippen molar-refractivity contribution >= 4 is 28.4 Å². The predicted octanol–water partition coefficient (Wildman–Crippen LogP) is 4.30. The third kappa shape index (κ3) is 3.29. The van der Waals surface area contributed by atoms with Crippen LogP contribution in [-0.2, 0) is 12.8 Å². The van der Waals surface area contributed by atoms with Gasteiger partial charge in [0.25, 0.3) is 0 Å². The predicted molar refractivity (Wildman–Crippen MR) is 93.1 cm³/mol. The van der Waals surface area contributed by atoms with Crippen LogP contribution in [0.15, 0.2) is 24.3 Å². The van der Waals surface area contributed by atoms with Crippen LogP contribution >= 0.6 is 22.6 Å². The summed E-state index contributed by atoms with van der Waals surface area (Å²) in [4.78, 5) is 9.37. The summed E-state index contributed by atoms with van der Waals surface area (Å²) < 4.78 is 1.13. The lowest BCUT2D eigenvalue weighted by Crippen LogP contribution is -2.05. The van der Waals surface area contributed by atoms with Crippen LogP contribution in [0.1, 0.15) is 31.5 Å². The highest BCUT2D eigenvalue weighted by molar-refractivity contribution is 14.1. The summed E-state index contributed by atoms with van der Waals surface area (Å²) in [6, 6.07) is 8.51. The van der Waals surface area contributed by atoms with Gasteiger partial charge in [0.2, 0.25) is 0 Å². The highest BCUT2D eigenvalue weighted by Gasteiger charge is 2.12. The van der Waals surface area contributed by atoms with Gasteiger partial charge in [0, 0.05) is 12.6 Å². The summed E-state index contributed by atoms with van der Waals surface area (Å²) in [6.07, 6.45) is 3.12. The van der Waals surface area contributed by atoms with Crippen LogP contribution in [-0.4, -0.2) is 17.0 Å². The normalized spacial score (nSPS) is 10.6. The minimum atomic E-state index is 0.806. The van der Waals surface area contributed by atoms with Gasteiger partial charge in [0.1, 0.15) is 5.82 Å². The first-order valence-corrected chi connectivity index (χ1v) is 8.10. The van der Waals surface area contributed by atoms with Gasteiger partial charge in [-0.05, 0) is 41.0 Å². The van der Waals surface area contributed by atoms with Crippen molar-refractivity contribution in [2.75, 3.05) is 12.4 Å². The quantitative estimate of drug-likeness (QED) is 0.785. The highest BCUT2D eigenvalue weighted by atomic mass is 127. The fraction of sp³-hybridized carbons (Fsp3) is 0.375. The number of hydrogen-bond donors (Lipinski definition) is 1. The largest absolute Gasteiger partial charge is 0.372 e. The number of halogens is 1. The number of aryl methyl sites for hydroxylation is 2. The molecule has 2 rings (SSSR count). The zero-order valence-corrected chi connectivity index (χ0v) is 14.4. The third-order valence-corrected chi connectivity index (χ3v) is 4.40. The van der Waals surface area contributed by atoms with Crippen molar-refractivity contribution in [2.45, 2.75) is 33.1 Å². The molecule has 0 bridgehead atoms. The molecular weight excluding hydrogens is 361 g/mol. The molecule has 0 amide bonds. The van der Waals surface area contributed by atoms with E-state index in [1.165, 1.54) is 5.56 Å². The van der Waals surface area contributed by atoms with E-state index in [0.717, 1.165) is 45.7 Å². The van der Waals surface area contributed by atoms with Crippen molar-refractivity contribution < 1.29 is 0 Å². The zero-order valence-electron chi connectivity index (χ0n) is 12.2. The minimum Gasteiger partial charge on any atom is -0.372 e. The number of aromatic nitrogens is 2. The first-order chi connectivity index (χ1) is 9.69. The van der Waals surface area contributed by atoms with Gasteiger partial charge in [-0.3, -0.25) is 0 Å². The average Bonchev–Trinajstić information content (AvgIpc) is 2.49. The Labute approximate surface area is 134 Å². The molecule has 0 aliphatic carbocycles. The van der Waals surface area contributed by atoms with Gasteiger partial charge < -0.3 is 5.32 Å². The molecule has 0 aliphatic rings. The Kier molecular flexibility index (Phi) is 5.34. The van der Waals surface area contributed by atoms with E-state index < -0.39 is 0 Å². The summed E-state index contributed by atoms with van der Waals surface area (Å²) in [5.74, 6) is 1.72. The first kappa shape index (κ1) is 15.2. The topological polar surface area (TPSA) is 37.8 Å². The summed E-state index contributed by atoms with van der Waals surface area (Å²) in [6.45, 7) is 4.34. The molecule has 20 heavy (non-hydrogen) atoms. The lowest BCUT2D eigenvalue weighted by Gasteiger charge is -2.11. The Balaban J connectivity index is 2.46. The van der Waals surface area contributed by atoms with E-state index >= 15 is 0 Å². The standard InChI is InChI=1S/C16H20IN3/c1-4-6-13-14(17)16(18-3)20-15(19-13)12-9-7-11(5-2)8-10-12/h7-10H,4-6H2,1-3H3,(H,18,19,20). The molecule has 0 saturated carbocycles. The molecule has 106 valence electrons. The molecular formula is C16H20IN3. The number of anilines is 1. The number of nitrogens with zero attached hydrogens (tertiary/aromatic N) is 2. The summed E-state index contributed by atoms with van der Waals surface area (Å²) in [7, 11) is 1.91. The van der Waals surface area contributed by atoms with E-state index in [-0.39, 0.29) is 0 Å². The smallest absolute Gasteiger partial charge is 0.161 e. The molecule has 1 heterocycles. The summed E-state index contributed by atoms with van der Waals surface area (Å²) >= 11 is 2.32. The molecule has 0 aliphatic heterocycles. The first-order valence-electron chi connectivity index (χ1n) is 7.03. The van der Waals surface area contributed by atoms with E-state index in [4.69, 9.17) is 4.98 Å². The Morgan fingerprint density at radius 2 is 1.80 bits per heavy atom. The Morgan fingerprint density at radius 1 is 1.10 bits per heavy atom. The lowest BCUT2D eigenvalue weighted by molar-refractivity contribution is 0.868.